The van der Waals surface area contributed by atoms with Crippen LogP contribution in [0.2, 0.25) is 5.02 Å². The van der Waals surface area contributed by atoms with Crippen LogP contribution in [0.15, 0.2) is 28.9 Å². The Morgan fingerprint density at radius 2 is 2.25 bits per heavy atom. The van der Waals surface area contributed by atoms with E-state index in [1.54, 1.807) is 16.8 Å². The summed E-state index contributed by atoms with van der Waals surface area (Å²) in [5.74, 6) is 0.765. The predicted molar refractivity (Wildman–Crippen MR) is 86.6 cm³/mol. The Balaban J connectivity index is 1.88. The zero-order valence-electron chi connectivity index (χ0n) is 10.9. The number of hydrogen-bond acceptors (Lipinski definition) is 3. The Kier molecular flexibility index (Phi) is 5.86. The molecule has 2 rings (SSSR count). The van der Waals surface area contributed by atoms with Crippen molar-refractivity contribution < 1.29 is 4.74 Å². The van der Waals surface area contributed by atoms with Crippen LogP contribution in [0.5, 0.6) is 5.75 Å². The molecule has 2 aromatic rings. The Morgan fingerprint density at radius 3 is 2.95 bits per heavy atom. The zero-order valence-corrected chi connectivity index (χ0v) is 14.8. The molecule has 1 heterocycles. The minimum atomic E-state index is 0.252. The second-order valence-corrected chi connectivity index (χ2v) is 6.60. The number of nitrogens with zero attached hydrogens (tertiary/aromatic N) is 3. The molecule has 1 atom stereocenters. The highest BCUT2D eigenvalue weighted by Crippen LogP contribution is 2.28. The van der Waals surface area contributed by atoms with E-state index < -0.39 is 0 Å². The highest BCUT2D eigenvalue weighted by atomic mass is 79.9. The van der Waals surface area contributed by atoms with E-state index in [2.05, 4.69) is 49.1 Å². The molecule has 20 heavy (non-hydrogen) atoms. The molecule has 108 valence electrons. The largest absolute Gasteiger partial charge is 0.490 e. The molecule has 0 saturated carbocycles. The second-order valence-electron chi connectivity index (χ2n) is 4.21. The maximum atomic E-state index is 5.88. The lowest BCUT2D eigenvalue weighted by atomic mass is 10.3. The van der Waals surface area contributed by atoms with Gasteiger partial charge in [0.15, 0.2) is 0 Å². The van der Waals surface area contributed by atoms with E-state index in [0.29, 0.717) is 18.2 Å². The molecular formula is C13H14Br2ClN3O. The van der Waals surface area contributed by atoms with E-state index in [-0.39, 0.29) is 4.83 Å². The average Bonchev–Trinajstić information content (AvgIpc) is 2.89. The third kappa shape index (κ3) is 4.20. The standard InChI is InChI=1S/C13H14Br2ClN3O/c1-2-10(14)12-8-19(18-17-12)5-6-20-13-4-3-9(16)7-11(13)15/h3-4,7-8,10H,2,5-6H2,1H3. The number of ether oxygens (including phenoxy) is 1. The second kappa shape index (κ2) is 7.43. The normalized spacial score (nSPS) is 12.4. The monoisotopic (exact) mass is 421 g/mol. The zero-order chi connectivity index (χ0) is 14.5. The number of alkyl halides is 1. The van der Waals surface area contributed by atoms with Crippen LogP contribution in [0.3, 0.4) is 0 Å². The number of halogens is 3. The Hall–Kier alpha value is -0.590. The molecule has 0 aliphatic heterocycles. The van der Waals surface area contributed by atoms with Crippen LogP contribution in [0.1, 0.15) is 23.9 Å². The van der Waals surface area contributed by atoms with Gasteiger partial charge in [-0.05, 0) is 40.5 Å². The molecule has 0 aliphatic carbocycles. The Labute approximate surface area is 139 Å². The predicted octanol–water partition coefficient (Wildman–Crippen LogP) is 4.62. The quantitative estimate of drug-likeness (QED) is 0.637. The average molecular weight is 424 g/mol. The van der Waals surface area contributed by atoms with Gasteiger partial charge in [0.2, 0.25) is 0 Å². The molecule has 4 nitrogen and oxygen atoms in total. The summed E-state index contributed by atoms with van der Waals surface area (Å²) in [7, 11) is 0. The molecule has 0 fully saturated rings. The molecule has 0 saturated heterocycles. The van der Waals surface area contributed by atoms with Crippen molar-refractivity contribution in [2.24, 2.45) is 0 Å². The maximum absolute atomic E-state index is 5.88. The molecule has 0 N–H and O–H groups in total. The molecule has 1 aromatic carbocycles. The lowest BCUT2D eigenvalue weighted by molar-refractivity contribution is 0.288. The van der Waals surface area contributed by atoms with Crippen molar-refractivity contribution >= 4 is 43.5 Å². The first kappa shape index (κ1) is 15.8. The van der Waals surface area contributed by atoms with Crippen LogP contribution in [0.25, 0.3) is 0 Å². The van der Waals surface area contributed by atoms with Gasteiger partial charge in [-0.15, -0.1) is 5.10 Å². The molecular weight excluding hydrogens is 409 g/mol. The third-order valence-electron chi connectivity index (χ3n) is 2.71. The Bertz CT molecular complexity index is 576. The van der Waals surface area contributed by atoms with E-state index >= 15 is 0 Å². The molecule has 0 amide bonds. The highest BCUT2D eigenvalue weighted by molar-refractivity contribution is 9.10. The third-order valence-corrected chi connectivity index (χ3v) is 4.68. The summed E-state index contributed by atoms with van der Waals surface area (Å²) in [6.45, 7) is 3.26. The van der Waals surface area contributed by atoms with Crippen LogP contribution >= 0.6 is 43.5 Å². The van der Waals surface area contributed by atoms with Crippen LogP contribution in [-0.2, 0) is 6.54 Å². The van der Waals surface area contributed by atoms with Gasteiger partial charge in [0.05, 0.1) is 21.5 Å². The molecule has 0 radical (unpaired) electrons. The molecule has 0 spiro atoms. The fourth-order valence-corrected chi connectivity index (χ4v) is 2.62. The summed E-state index contributed by atoms with van der Waals surface area (Å²) in [4.78, 5) is 0.252. The van der Waals surface area contributed by atoms with E-state index in [1.165, 1.54) is 0 Å². The topological polar surface area (TPSA) is 39.9 Å². The van der Waals surface area contributed by atoms with Crippen LogP contribution in [0, 0.1) is 0 Å². The number of rotatable bonds is 6. The molecule has 0 bridgehead atoms. The van der Waals surface area contributed by atoms with E-state index in [0.717, 1.165) is 22.3 Å². The Morgan fingerprint density at radius 1 is 1.45 bits per heavy atom. The summed E-state index contributed by atoms with van der Waals surface area (Å²) < 4.78 is 8.31. The SMILES string of the molecule is CCC(Br)c1cn(CCOc2ccc(Cl)cc2Br)nn1. The van der Waals surface area contributed by atoms with Gasteiger partial charge in [0.25, 0.3) is 0 Å². The summed E-state index contributed by atoms with van der Waals surface area (Å²) in [5, 5.41) is 8.88. The molecule has 0 aliphatic rings. The summed E-state index contributed by atoms with van der Waals surface area (Å²) >= 11 is 12.8. The van der Waals surface area contributed by atoms with Gasteiger partial charge in [-0.1, -0.05) is 39.7 Å². The summed E-state index contributed by atoms with van der Waals surface area (Å²) in [5.41, 5.74) is 0.945. The molecule has 1 unspecified atom stereocenters. The van der Waals surface area contributed by atoms with Crippen molar-refractivity contribution in [3.63, 3.8) is 0 Å². The van der Waals surface area contributed by atoms with Gasteiger partial charge in [0.1, 0.15) is 12.4 Å². The van der Waals surface area contributed by atoms with Gasteiger partial charge in [-0.2, -0.15) is 0 Å². The summed E-state index contributed by atoms with van der Waals surface area (Å²) in [6, 6.07) is 5.44. The van der Waals surface area contributed by atoms with Crippen molar-refractivity contribution in [2.75, 3.05) is 6.61 Å². The lowest BCUT2D eigenvalue weighted by Gasteiger charge is -2.08. The fourth-order valence-electron chi connectivity index (χ4n) is 1.62. The van der Waals surface area contributed by atoms with Crippen molar-refractivity contribution in [3.8, 4) is 5.75 Å². The first-order chi connectivity index (χ1) is 9.60. The van der Waals surface area contributed by atoms with Gasteiger partial charge in [-0.3, -0.25) is 0 Å². The van der Waals surface area contributed by atoms with E-state index in [1.807, 2.05) is 12.3 Å². The van der Waals surface area contributed by atoms with Crippen LogP contribution < -0.4 is 4.74 Å². The highest BCUT2D eigenvalue weighted by Gasteiger charge is 2.09. The summed E-state index contributed by atoms with van der Waals surface area (Å²) in [6.07, 6.45) is 2.91. The minimum absolute atomic E-state index is 0.252. The van der Waals surface area contributed by atoms with Crippen molar-refractivity contribution in [2.45, 2.75) is 24.7 Å². The molecule has 1 aromatic heterocycles. The van der Waals surface area contributed by atoms with Crippen molar-refractivity contribution in [1.29, 1.82) is 0 Å². The van der Waals surface area contributed by atoms with Crippen molar-refractivity contribution in [1.82, 2.24) is 15.0 Å². The smallest absolute Gasteiger partial charge is 0.133 e. The lowest BCUT2D eigenvalue weighted by Crippen LogP contribution is -2.09. The minimum Gasteiger partial charge on any atom is -0.490 e. The van der Waals surface area contributed by atoms with Crippen LogP contribution in [0.4, 0.5) is 0 Å². The number of aromatic nitrogens is 3. The fraction of sp³-hybridized carbons (Fsp3) is 0.385. The maximum Gasteiger partial charge on any atom is 0.133 e. The van der Waals surface area contributed by atoms with Gasteiger partial charge in [-0.25, -0.2) is 4.68 Å². The first-order valence-corrected chi connectivity index (χ1v) is 8.30. The van der Waals surface area contributed by atoms with Gasteiger partial charge in [0, 0.05) is 11.2 Å². The number of hydrogen-bond donors (Lipinski definition) is 0. The van der Waals surface area contributed by atoms with Gasteiger partial charge >= 0.3 is 0 Å². The van der Waals surface area contributed by atoms with E-state index in [9.17, 15) is 0 Å². The van der Waals surface area contributed by atoms with Crippen molar-refractivity contribution in [3.05, 3.63) is 39.6 Å². The van der Waals surface area contributed by atoms with E-state index in [4.69, 9.17) is 16.3 Å². The van der Waals surface area contributed by atoms with Crippen LogP contribution in [-0.4, -0.2) is 21.6 Å². The molecule has 7 heteroatoms. The first-order valence-electron chi connectivity index (χ1n) is 6.22. The van der Waals surface area contributed by atoms with Gasteiger partial charge < -0.3 is 4.74 Å². The number of benzene rings is 1.